The van der Waals surface area contributed by atoms with Gasteiger partial charge in [-0.3, -0.25) is 4.98 Å². The van der Waals surface area contributed by atoms with Gasteiger partial charge in [0.1, 0.15) is 12.4 Å². The first kappa shape index (κ1) is 10.7. The largest absolute Gasteiger partial charge is 0.490 e. The number of benzene rings is 1. The molecule has 0 aliphatic rings. The van der Waals surface area contributed by atoms with Crippen LogP contribution in [0.1, 0.15) is 0 Å². The minimum Gasteiger partial charge on any atom is -0.490 e. The molecule has 16 heavy (non-hydrogen) atoms. The van der Waals surface area contributed by atoms with E-state index in [1.54, 1.807) is 13.3 Å². The number of hydrogen-bond acceptors (Lipinski definition) is 4. The summed E-state index contributed by atoms with van der Waals surface area (Å²) >= 11 is 0. The van der Waals surface area contributed by atoms with Gasteiger partial charge in [0.25, 0.3) is 0 Å². The second-order valence-corrected chi connectivity index (χ2v) is 3.39. The number of nitrogens with zero attached hydrogens (tertiary/aromatic N) is 1. The first-order valence-electron chi connectivity index (χ1n) is 5.08. The van der Waals surface area contributed by atoms with Crippen LogP contribution in [0.25, 0.3) is 10.9 Å². The summed E-state index contributed by atoms with van der Waals surface area (Å²) < 4.78 is 10.5. The molecule has 2 aromatic rings. The summed E-state index contributed by atoms with van der Waals surface area (Å²) in [6, 6.07) is 7.50. The number of para-hydroxylation sites is 1. The third kappa shape index (κ3) is 2.06. The molecule has 0 aliphatic heterocycles. The van der Waals surface area contributed by atoms with Crippen LogP contribution in [0.2, 0.25) is 0 Å². The Bertz CT molecular complexity index is 485. The Morgan fingerprint density at radius 1 is 1.25 bits per heavy atom. The number of methoxy groups -OCH3 is 1. The normalized spacial score (nSPS) is 10.6. The molecule has 2 N–H and O–H groups in total. The SMILES string of the molecule is COCCOc1ccnc2c(N)cccc12. The highest BCUT2D eigenvalue weighted by Gasteiger charge is 2.04. The summed E-state index contributed by atoms with van der Waals surface area (Å²) in [5.74, 6) is 0.786. The van der Waals surface area contributed by atoms with E-state index in [2.05, 4.69) is 4.98 Å². The van der Waals surface area contributed by atoms with Gasteiger partial charge in [-0.15, -0.1) is 0 Å². The smallest absolute Gasteiger partial charge is 0.130 e. The molecule has 0 fully saturated rings. The van der Waals surface area contributed by atoms with Gasteiger partial charge in [-0.1, -0.05) is 6.07 Å². The Balaban J connectivity index is 2.34. The Kier molecular flexibility index (Phi) is 3.22. The van der Waals surface area contributed by atoms with Crippen molar-refractivity contribution in [3.63, 3.8) is 0 Å². The van der Waals surface area contributed by atoms with E-state index >= 15 is 0 Å². The third-order valence-electron chi connectivity index (χ3n) is 2.31. The predicted molar refractivity (Wildman–Crippen MR) is 63.5 cm³/mol. The molecule has 0 saturated carbocycles. The summed E-state index contributed by atoms with van der Waals surface area (Å²) in [7, 11) is 1.64. The lowest BCUT2D eigenvalue weighted by Crippen LogP contribution is -2.04. The number of nitrogen functional groups attached to an aromatic ring is 1. The van der Waals surface area contributed by atoms with E-state index < -0.39 is 0 Å². The fourth-order valence-corrected chi connectivity index (χ4v) is 1.53. The molecule has 0 bridgehead atoms. The van der Waals surface area contributed by atoms with Crippen LogP contribution in [-0.4, -0.2) is 25.3 Å². The Hall–Kier alpha value is -1.81. The first-order chi connectivity index (χ1) is 7.83. The number of rotatable bonds is 4. The van der Waals surface area contributed by atoms with E-state index in [-0.39, 0.29) is 0 Å². The van der Waals surface area contributed by atoms with Gasteiger partial charge < -0.3 is 15.2 Å². The highest BCUT2D eigenvalue weighted by molar-refractivity contribution is 5.93. The van der Waals surface area contributed by atoms with Crippen LogP contribution in [0.4, 0.5) is 5.69 Å². The van der Waals surface area contributed by atoms with Crippen molar-refractivity contribution in [3.05, 3.63) is 30.5 Å². The van der Waals surface area contributed by atoms with Crippen LogP contribution in [0.15, 0.2) is 30.5 Å². The third-order valence-corrected chi connectivity index (χ3v) is 2.31. The van der Waals surface area contributed by atoms with Gasteiger partial charge in [0, 0.05) is 18.7 Å². The second-order valence-electron chi connectivity index (χ2n) is 3.39. The second kappa shape index (κ2) is 4.81. The van der Waals surface area contributed by atoms with Crippen molar-refractivity contribution in [2.45, 2.75) is 0 Å². The summed E-state index contributed by atoms with van der Waals surface area (Å²) in [4.78, 5) is 4.23. The molecular formula is C12H14N2O2. The van der Waals surface area contributed by atoms with Crippen LogP contribution >= 0.6 is 0 Å². The molecule has 0 atom stereocenters. The Morgan fingerprint density at radius 2 is 2.12 bits per heavy atom. The van der Waals surface area contributed by atoms with Gasteiger partial charge in [0.15, 0.2) is 0 Å². The van der Waals surface area contributed by atoms with Gasteiger partial charge in [0.2, 0.25) is 0 Å². The number of ether oxygens (including phenoxy) is 2. The molecule has 4 nitrogen and oxygen atoms in total. The van der Waals surface area contributed by atoms with Gasteiger partial charge in [-0.2, -0.15) is 0 Å². The first-order valence-corrected chi connectivity index (χ1v) is 5.08. The van der Waals surface area contributed by atoms with E-state index in [1.165, 1.54) is 0 Å². The maximum absolute atomic E-state index is 5.84. The highest BCUT2D eigenvalue weighted by atomic mass is 16.5. The number of fused-ring (bicyclic) bond motifs is 1. The van der Waals surface area contributed by atoms with Gasteiger partial charge >= 0.3 is 0 Å². The molecule has 0 amide bonds. The Labute approximate surface area is 94.0 Å². The molecule has 0 unspecified atom stereocenters. The number of pyridine rings is 1. The van der Waals surface area contributed by atoms with Crippen LogP contribution in [0.3, 0.4) is 0 Å². The average Bonchev–Trinajstić information content (AvgIpc) is 2.31. The molecule has 2 rings (SSSR count). The highest BCUT2D eigenvalue weighted by Crippen LogP contribution is 2.26. The van der Waals surface area contributed by atoms with Crippen molar-refractivity contribution in [2.24, 2.45) is 0 Å². The van der Waals surface area contributed by atoms with Crippen LogP contribution in [-0.2, 0) is 4.74 Å². The maximum Gasteiger partial charge on any atom is 0.130 e. The molecule has 1 aromatic heterocycles. The zero-order chi connectivity index (χ0) is 11.4. The minimum absolute atomic E-state index is 0.518. The van der Waals surface area contributed by atoms with Crippen LogP contribution < -0.4 is 10.5 Å². The minimum atomic E-state index is 0.518. The molecule has 1 heterocycles. The van der Waals surface area contributed by atoms with Crippen molar-refractivity contribution in [3.8, 4) is 5.75 Å². The fraction of sp³-hybridized carbons (Fsp3) is 0.250. The van der Waals surface area contributed by atoms with Crippen LogP contribution in [0.5, 0.6) is 5.75 Å². The fourth-order valence-electron chi connectivity index (χ4n) is 1.53. The molecule has 0 spiro atoms. The maximum atomic E-state index is 5.84. The quantitative estimate of drug-likeness (QED) is 0.628. The van der Waals surface area contributed by atoms with Crippen LogP contribution in [0, 0.1) is 0 Å². The molecule has 1 aromatic carbocycles. The van der Waals surface area contributed by atoms with E-state index in [0.717, 1.165) is 16.7 Å². The molecule has 4 heteroatoms. The van der Waals surface area contributed by atoms with Crippen molar-refractivity contribution in [1.82, 2.24) is 4.98 Å². The molecule has 0 aliphatic carbocycles. The topological polar surface area (TPSA) is 57.4 Å². The lowest BCUT2D eigenvalue weighted by Gasteiger charge is -2.09. The summed E-state index contributed by atoms with van der Waals surface area (Å²) in [6.07, 6.45) is 1.70. The standard InChI is InChI=1S/C12H14N2O2/c1-15-7-8-16-11-5-6-14-12-9(11)3-2-4-10(12)13/h2-6H,7-8,13H2,1H3. The zero-order valence-electron chi connectivity index (χ0n) is 9.14. The lowest BCUT2D eigenvalue weighted by molar-refractivity contribution is 0.147. The monoisotopic (exact) mass is 218 g/mol. The van der Waals surface area contributed by atoms with E-state index in [4.69, 9.17) is 15.2 Å². The molecule has 84 valence electrons. The Morgan fingerprint density at radius 3 is 2.94 bits per heavy atom. The summed E-state index contributed by atoms with van der Waals surface area (Å²) in [6.45, 7) is 1.08. The molecule has 0 radical (unpaired) electrons. The van der Waals surface area contributed by atoms with Gasteiger partial charge in [-0.05, 0) is 18.2 Å². The van der Waals surface area contributed by atoms with Gasteiger partial charge in [0.05, 0.1) is 17.8 Å². The molecular weight excluding hydrogens is 204 g/mol. The van der Waals surface area contributed by atoms with Crippen molar-refractivity contribution < 1.29 is 9.47 Å². The van der Waals surface area contributed by atoms with Gasteiger partial charge in [-0.25, -0.2) is 0 Å². The summed E-state index contributed by atoms with van der Waals surface area (Å²) in [5.41, 5.74) is 7.27. The van der Waals surface area contributed by atoms with Crippen molar-refractivity contribution in [2.75, 3.05) is 26.1 Å². The predicted octanol–water partition coefficient (Wildman–Crippen LogP) is 1.84. The van der Waals surface area contributed by atoms with E-state index in [0.29, 0.717) is 18.9 Å². The number of nitrogens with two attached hydrogens (primary N) is 1. The van der Waals surface area contributed by atoms with Crippen molar-refractivity contribution in [1.29, 1.82) is 0 Å². The van der Waals surface area contributed by atoms with Crippen molar-refractivity contribution >= 4 is 16.6 Å². The van der Waals surface area contributed by atoms with E-state index in [9.17, 15) is 0 Å². The average molecular weight is 218 g/mol. The summed E-state index contributed by atoms with van der Waals surface area (Å²) in [5, 5.41) is 0.929. The molecule has 0 saturated heterocycles. The number of anilines is 1. The van der Waals surface area contributed by atoms with E-state index in [1.807, 2.05) is 24.3 Å². The lowest BCUT2D eigenvalue weighted by atomic mass is 10.2. The number of hydrogen-bond donors (Lipinski definition) is 1. The number of aromatic nitrogens is 1. The zero-order valence-corrected chi connectivity index (χ0v) is 9.14.